The summed E-state index contributed by atoms with van der Waals surface area (Å²) in [6.07, 6.45) is 6.62. The van der Waals surface area contributed by atoms with Gasteiger partial charge in [0.2, 0.25) is 5.91 Å². The quantitative estimate of drug-likeness (QED) is 0.743. The van der Waals surface area contributed by atoms with Gasteiger partial charge in [-0.1, -0.05) is 6.07 Å². The number of primary amides is 1. The number of carbonyl (C=O) groups excluding carboxylic acids is 1. The highest BCUT2D eigenvalue weighted by atomic mass is 16.1. The molecule has 0 spiro atoms. The first-order valence-corrected chi connectivity index (χ1v) is 6.12. The molecule has 3 aromatic heterocycles. The Bertz CT molecular complexity index is 767. The molecule has 100 valence electrons. The number of aromatic nitrogens is 4. The molecule has 3 aromatic rings. The van der Waals surface area contributed by atoms with Gasteiger partial charge in [0.05, 0.1) is 23.6 Å². The van der Waals surface area contributed by atoms with E-state index in [1.165, 1.54) is 0 Å². The molecule has 3 rings (SSSR count). The summed E-state index contributed by atoms with van der Waals surface area (Å²) in [6, 6.07) is 5.41. The van der Waals surface area contributed by atoms with Crippen molar-refractivity contribution < 1.29 is 4.79 Å². The molecule has 0 aliphatic carbocycles. The fourth-order valence-electron chi connectivity index (χ4n) is 2.19. The highest BCUT2D eigenvalue weighted by molar-refractivity contribution is 5.91. The number of H-pyrrole nitrogens is 1. The topological polar surface area (TPSA) is 97.5 Å². The Morgan fingerprint density at radius 2 is 2.20 bits per heavy atom. The third-order valence-corrected chi connectivity index (χ3v) is 3.57. The van der Waals surface area contributed by atoms with Gasteiger partial charge in [-0.25, -0.2) is 0 Å². The van der Waals surface area contributed by atoms with Gasteiger partial charge in [-0.05, 0) is 24.6 Å². The highest BCUT2D eigenvalue weighted by Crippen LogP contribution is 2.31. The van der Waals surface area contributed by atoms with Crippen LogP contribution in [0.2, 0.25) is 0 Å². The Kier molecular flexibility index (Phi) is 2.71. The van der Waals surface area contributed by atoms with Crippen molar-refractivity contribution in [1.82, 2.24) is 20.2 Å². The summed E-state index contributed by atoms with van der Waals surface area (Å²) < 4.78 is 0. The molecule has 0 saturated heterocycles. The molecule has 3 N–H and O–H groups in total. The standard InChI is InChI=1S/C14H13N5O/c1-14(13(15)20,10-3-2-4-16-7-10)12-5-9-6-18-19-11(9)8-17-12/h2-8H,1H3,(H2,15,20)(H,18,19). The summed E-state index contributed by atoms with van der Waals surface area (Å²) >= 11 is 0. The Balaban J connectivity index is 2.22. The summed E-state index contributed by atoms with van der Waals surface area (Å²) in [7, 11) is 0. The lowest BCUT2D eigenvalue weighted by molar-refractivity contribution is -0.121. The second-order valence-electron chi connectivity index (χ2n) is 4.76. The zero-order chi connectivity index (χ0) is 14.2. The van der Waals surface area contributed by atoms with Crippen molar-refractivity contribution >= 4 is 16.8 Å². The van der Waals surface area contributed by atoms with Gasteiger partial charge in [-0.2, -0.15) is 5.10 Å². The second kappa shape index (κ2) is 4.41. The molecule has 20 heavy (non-hydrogen) atoms. The number of nitrogens with one attached hydrogen (secondary N) is 1. The fourth-order valence-corrected chi connectivity index (χ4v) is 2.19. The van der Waals surface area contributed by atoms with Crippen LogP contribution in [0.5, 0.6) is 0 Å². The van der Waals surface area contributed by atoms with Crippen LogP contribution in [0.25, 0.3) is 10.9 Å². The third kappa shape index (κ3) is 1.73. The molecule has 6 nitrogen and oxygen atoms in total. The molecule has 0 aliphatic heterocycles. The van der Waals surface area contributed by atoms with E-state index in [4.69, 9.17) is 5.73 Å². The molecular formula is C14H13N5O. The first-order chi connectivity index (χ1) is 9.62. The molecular weight excluding hydrogens is 254 g/mol. The minimum Gasteiger partial charge on any atom is -0.369 e. The van der Waals surface area contributed by atoms with Crippen LogP contribution in [-0.4, -0.2) is 26.1 Å². The van der Waals surface area contributed by atoms with Crippen LogP contribution in [0, 0.1) is 0 Å². The van der Waals surface area contributed by atoms with E-state index in [9.17, 15) is 4.79 Å². The maximum Gasteiger partial charge on any atom is 0.233 e. The van der Waals surface area contributed by atoms with Crippen LogP contribution < -0.4 is 5.73 Å². The van der Waals surface area contributed by atoms with Crippen molar-refractivity contribution in [3.8, 4) is 0 Å². The van der Waals surface area contributed by atoms with Crippen LogP contribution in [0.3, 0.4) is 0 Å². The minimum atomic E-state index is -1.03. The van der Waals surface area contributed by atoms with Crippen molar-refractivity contribution in [2.24, 2.45) is 5.73 Å². The number of rotatable bonds is 3. The van der Waals surface area contributed by atoms with Crippen LogP contribution >= 0.6 is 0 Å². The van der Waals surface area contributed by atoms with E-state index in [0.29, 0.717) is 11.3 Å². The number of fused-ring (bicyclic) bond motifs is 1. The number of nitrogens with two attached hydrogens (primary N) is 1. The smallest absolute Gasteiger partial charge is 0.233 e. The lowest BCUT2D eigenvalue weighted by atomic mass is 9.79. The third-order valence-electron chi connectivity index (χ3n) is 3.57. The molecule has 3 heterocycles. The van der Waals surface area contributed by atoms with E-state index in [1.54, 1.807) is 37.8 Å². The number of hydrogen-bond acceptors (Lipinski definition) is 4. The Labute approximate surface area is 115 Å². The predicted molar refractivity (Wildman–Crippen MR) is 73.8 cm³/mol. The predicted octanol–water partition coefficient (Wildman–Crippen LogP) is 1.14. The van der Waals surface area contributed by atoms with Crippen molar-refractivity contribution in [2.75, 3.05) is 0 Å². The van der Waals surface area contributed by atoms with Crippen LogP contribution in [0.15, 0.2) is 43.0 Å². The number of carbonyl (C=O) groups is 1. The van der Waals surface area contributed by atoms with E-state index in [0.717, 1.165) is 10.9 Å². The van der Waals surface area contributed by atoms with Crippen molar-refractivity contribution in [3.05, 3.63) is 54.2 Å². The fraction of sp³-hybridized carbons (Fsp3) is 0.143. The normalized spacial score (nSPS) is 14.1. The Morgan fingerprint density at radius 1 is 1.35 bits per heavy atom. The van der Waals surface area contributed by atoms with Gasteiger partial charge in [0.15, 0.2) is 0 Å². The van der Waals surface area contributed by atoms with Gasteiger partial charge < -0.3 is 5.73 Å². The SMILES string of the molecule is CC(C(N)=O)(c1cccnc1)c1cc2cn[nH]c2cn1. The Hall–Kier alpha value is -2.76. The maximum absolute atomic E-state index is 12.0. The molecule has 0 bridgehead atoms. The van der Waals surface area contributed by atoms with E-state index in [1.807, 2.05) is 12.1 Å². The van der Waals surface area contributed by atoms with Gasteiger partial charge in [-0.15, -0.1) is 0 Å². The lowest BCUT2D eigenvalue weighted by Gasteiger charge is -2.25. The molecule has 1 amide bonds. The molecule has 6 heteroatoms. The van der Waals surface area contributed by atoms with Gasteiger partial charge in [0, 0.05) is 17.8 Å². The van der Waals surface area contributed by atoms with E-state index in [2.05, 4.69) is 20.2 Å². The largest absolute Gasteiger partial charge is 0.369 e. The summed E-state index contributed by atoms with van der Waals surface area (Å²) in [5.41, 5.74) is 6.69. The minimum absolute atomic E-state index is 0.471. The van der Waals surface area contributed by atoms with Gasteiger partial charge in [0.25, 0.3) is 0 Å². The summed E-state index contributed by atoms with van der Waals surface area (Å²) in [5.74, 6) is -0.471. The monoisotopic (exact) mass is 267 g/mol. The number of hydrogen-bond donors (Lipinski definition) is 2. The van der Waals surface area contributed by atoms with Gasteiger partial charge >= 0.3 is 0 Å². The first-order valence-electron chi connectivity index (χ1n) is 6.12. The van der Waals surface area contributed by atoms with Crippen LogP contribution in [0.1, 0.15) is 18.2 Å². The van der Waals surface area contributed by atoms with Gasteiger partial charge in [0.1, 0.15) is 5.41 Å². The summed E-state index contributed by atoms with van der Waals surface area (Å²) in [5, 5.41) is 7.66. The molecule has 1 atom stereocenters. The van der Waals surface area contributed by atoms with E-state index in [-0.39, 0.29) is 0 Å². The molecule has 0 aromatic carbocycles. The average molecular weight is 267 g/mol. The van der Waals surface area contributed by atoms with Crippen molar-refractivity contribution in [1.29, 1.82) is 0 Å². The molecule has 0 saturated carbocycles. The number of aromatic amines is 1. The summed E-state index contributed by atoms with van der Waals surface area (Å²) in [4.78, 5) is 20.4. The van der Waals surface area contributed by atoms with Crippen molar-refractivity contribution in [2.45, 2.75) is 12.3 Å². The number of pyridine rings is 2. The van der Waals surface area contributed by atoms with Crippen LogP contribution in [-0.2, 0) is 10.2 Å². The molecule has 1 unspecified atom stereocenters. The highest BCUT2D eigenvalue weighted by Gasteiger charge is 2.37. The second-order valence-corrected chi connectivity index (χ2v) is 4.76. The Morgan fingerprint density at radius 3 is 2.90 bits per heavy atom. The van der Waals surface area contributed by atoms with Crippen LogP contribution in [0.4, 0.5) is 0 Å². The maximum atomic E-state index is 12.0. The molecule has 0 fully saturated rings. The zero-order valence-corrected chi connectivity index (χ0v) is 10.9. The molecule has 0 aliphatic rings. The lowest BCUT2D eigenvalue weighted by Crippen LogP contribution is -2.40. The van der Waals surface area contributed by atoms with Gasteiger partial charge in [-0.3, -0.25) is 19.9 Å². The average Bonchev–Trinajstić information content (AvgIpc) is 2.94. The van der Waals surface area contributed by atoms with Crippen molar-refractivity contribution in [3.63, 3.8) is 0 Å². The number of nitrogens with zero attached hydrogens (tertiary/aromatic N) is 3. The molecule has 0 radical (unpaired) electrons. The van der Waals surface area contributed by atoms with E-state index < -0.39 is 11.3 Å². The van der Waals surface area contributed by atoms with E-state index >= 15 is 0 Å². The zero-order valence-electron chi connectivity index (χ0n) is 10.9. The first kappa shape index (κ1) is 12.3. The summed E-state index contributed by atoms with van der Waals surface area (Å²) in [6.45, 7) is 1.75. The number of amides is 1.